The minimum absolute atomic E-state index is 0.0110. The van der Waals surface area contributed by atoms with Crippen LogP contribution in [0.4, 0.5) is 0 Å². The number of carboxylic acid groups (broad SMARTS) is 1. The van der Waals surface area contributed by atoms with E-state index in [1.165, 1.54) is 6.08 Å². The maximum Gasteiger partial charge on any atom is 0.326 e. The first-order chi connectivity index (χ1) is 8.01. The number of hydrogen-bond donors (Lipinski definition) is 2. The van der Waals surface area contributed by atoms with Gasteiger partial charge in [0.25, 0.3) is 0 Å². The van der Waals surface area contributed by atoms with Crippen LogP contribution in [0.3, 0.4) is 0 Å². The van der Waals surface area contributed by atoms with Gasteiger partial charge in [-0.3, -0.25) is 9.59 Å². The second kappa shape index (κ2) is 8.32. The number of carbonyl (C=O) groups is 3. The van der Waals surface area contributed by atoms with E-state index in [1.54, 1.807) is 6.92 Å². The second-order valence-corrected chi connectivity index (χ2v) is 3.29. The molecule has 0 saturated heterocycles. The number of rotatable bonds is 8. The fourth-order valence-corrected chi connectivity index (χ4v) is 1.14. The zero-order chi connectivity index (χ0) is 13.3. The SMILES string of the molecule is C=CCC(=O)N[C@@H](CCC(=O)OCC)C(=O)O. The van der Waals surface area contributed by atoms with E-state index in [0.29, 0.717) is 0 Å². The lowest BCUT2D eigenvalue weighted by Gasteiger charge is -2.13. The van der Waals surface area contributed by atoms with Crippen LogP contribution in [0.15, 0.2) is 12.7 Å². The third kappa shape index (κ3) is 7.10. The van der Waals surface area contributed by atoms with E-state index in [2.05, 4.69) is 16.6 Å². The van der Waals surface area contributed by atoms with Crippen molar-refractivity contribution in [1.29, 1.82) is 0 Å². The summed E-state index contributed by atoms with van der Waals surface area (Å²) in [5.41, 5.74) is 0. The molecule has 0 rings (SSSR count). The van der Waals surface area contributed by atoms with Crippen LogP contribution >= 0.6 is 0 Å². The lowest BCUT2D eigenvalue weighted by atomic mass is 10.1. The van der Waals surface area contributed by atoms with Gasteiger partial charge in [0.2, 0.25) is 5.91 Å². The monoisotopic (exact) mass is 243 g/mol. The molecule has 1 amide bonds. The molecule has 0 aromatic carbocycles. The Hall–Kier alpha value is -1.85. The summed E-state index contributed by atoms with van der Waals surface area (Å²) in [5, 5.41) is 11.1. The third-order valence-corrected chi connectivity index (χ3v) is 1.91. The summed E-state index contributed by atoms with van der Waals surface area (Å²) in [4.78, 5) is 33.0. The molecule has 0 bridgehead atoms. The largest absolute Gasteiger partial charge is 0.480 e. The van der Waals surface area contributed by atoms with Crippen LogP contribution in [-0.4, -0.2) is 35.6 Å². The predicted octanol–water partition coefficient (Wildman–Crippen LogP) is 0.475. The first-order valence-electron chi connectivity index (χ1n) is 5.30. The van der Waals surface area contributed by atoms with E-state index in [-0.39, 0.29) is 25.9 Å². The summed E-state index contributed by atoms with van der Waals surface area (Å²) in [7, 11) is 0. The van der Waals surface area contributed by atoms with Gasteiger partial charge in [-0.15, -0.1) is 6.58 Å². The van der Waals surface area contributed by atoms with Crippen molar-refractivity contribution in [3.8, 4) is 0 Å². The molecule has 0 aromatic heterocycles. The number of nitrogens with one attached hydrogen (secondary N) is 1. The van der Waals surface area contributed by atoms with E-state index in [1.807, 2.05) is 0 Å². The molecule has 0 heterocycles. The van der Waals surface area contributed by atoms with E-state index in [4.69, 9.17) is 5.11 Å². The molecule has 6 heteroatoms. The number of aliphatic carboxylic acids is 1. The first-order valence-corrected chi connectivity index (χ1v) is 5.30. The highest BCUT2D eigenvalue weighted by molar-refractivity contribution is 5.84. The summed E-state index contributed by atoms with van der Waals surface area (Å²) < 4.78 is 4.66. The van der Waals surface area contributed by atoms with Gasteiger partial charge in [-0.25, -0.2) is 4.79 Å². The summed E-state index contributed by atoms with van der Waals surface area (Å²) in [6.07, 6.45) is 1.39. The molecule has 0 unspecified atom stereocenters. The number of ether oxygens (including phenoxy) is 1. The maximum atomic E-state index is 11.2. The zero-order valence-corrected chi connectivity index (χ0v) is 9.77. The molecule has 0 spiro atoms. The summed E-state index contributed by atoms with van der Waals surface area (Å²) >= 11 is 0. The van der Waals surface area contributed by atoms with Crippen molar-refractivity contribution in [2.75, 3.05) is 6.61 Å². The Balaban J connectivity index is 4.16. The third-order valence-electron chi connectivity index (χ3n) is 1.91. The van der Waals surface area contributed by atoms with Gasteiger partial charge in [-0.1, -0.05) is 6.08 Å². The highest BCUT2D eigenvalue weighted by atomic mass is 16.5. The van der Waals surface area contributed by atoms with Crippen molar-refractivity contribution in [3.05, 3.63) is 12.7 Å². The van der Waals surface area contributed by atoms with E-state index in [9.17, 15) is 14.4 Å². The van der Waals surface area contributed by atoms with E-state index < -0.39 is 23.9 Å². The van der Waals surface area contributed by atoms with Crippen molar-refractivity contribution >= 4 is 17.8 Å². The molecular formula is C11H17NO5. The average Bonchev–Trinajstić information content (AvgIpc) is 2.24. The van der Waals surface area contributed by atoms with Crippen LogP contribution < -0.4 is 5.32 Å². The van der Waals surface area contributed by atoms with Gasteiger partial charge in [-0.05, 0) is 13.3 Å². The Kier molecular flexibility index (Phi) is 7.41. The Bertz CT molecular complexity index is 300. The van der Waals surface area contributed by atoms with Gasteiger partial charge < -0.3 is 15.2 Å². The molecule has 0 aliphatic carbocycles. The number of hydrogen-bond acceptors (Lipinski definition) is 4. The van der Waals surface area contributed by atoms with Gasteiger partial charge in [0.05, 0.1) is 6.61 Å². The Labute approximate surface area is 99.6 Å². The molecule has 0 fully saturated rings. The normalized spacial score (nSPS) is 11.4. The molecule has 1 atom stereocenters. The highest BCUT2D eigenvalue weighted by Gasteiger charge is 2.20. The van der Waals surface area contributed by atoms with E-state index in [0.717, 1.165) is 0 Å². The predicted molar refractivity (Wildman–Crippen MR) is 60.2 cm³/mol. The molecular weight excluding hydrogens is 226 g/mol. The van der Waals surface area contributed by atoms with Gasteiger partial charge in [0.1, 0.15) is 6.04 Å². The minimum Gasteiger partial charge on any atom is -0.480 e. The average molecular weight is 243 g/mol. The second-order valence-electron chi connectivity index (χ2n) is 3.29. The molecule has 0 saturated carbocycles. The van der Waals surface area contributed by atoms with Crippen LogP contribution in [0.25, 0.3) is 0 Å². The molecule has 0 aliphatic heterocycles. The lowest BCUT2D eigenvalue weighted by molar-refractivity contribution is -0.145. The topological polar surface area (TPSA) is 92.7 Å². The van der Waals surface area contributed by atoms with E-state index >= 15 is 0 Å². The standard InChI is InChI=1S/C11H17NO5/c1-3-5-9(13)12-8(11(15)16)6-7-10(14)17-4-2/h3,8H,1,4-7H2,2H3,(H,12,13)(H,15,16)/t8-/m0/s1. The number of esters is 1. The molecule has 0 radical (unpaired) electrons. The molecule has 2 N–H and O–H groups in total. The Morgan fingerprint density at radius 1 is 1.47 bits per heavy atom. The fraction of sp³-hybridized carbons (Fsp3) is 0.545. The number of amides is 1. The number of carboxylic acids is 1. The lowest BCUT2D eigenvalue weighted by Crippen LogP contribution is -2.40. The van der Waals surface area contributed by atoms with Gasteiger partial charge >= 0.3 is 11.9 Å². The molecule has 0 aromatic rings. The summed E-state index contributed by atoms with van der Waals surface area (Å²) in [6.45, 7) is 5.28. The van der Waals surface area contributed by atoms with Crippen LogP contribution in [0.5, 0.6) is 0 Å². The zero-order valence-electron chi connectivity index (χ0n) is 9.77. The highest BCUT2D eigenvalue weighted by Crippen LogP contribution is 2.00. The van der Waals surface area contributed by atoms with Crippen molar-refractivity contribution in [2.45, 2.75) is 32.2 Å². The Morgan fingerprint density at radius 3 is 2.59 bits per heavy atom. The van der Waals surface area contributed by atoms with Crippen LogP contribution in [0, 0.1) is 0 Å². The van der Waals surface area contributed by atoms with Crippen molar-refractivity contribution in [3.63, 3.8) is 0 Å². The molecule has 17 heavy (non-hydrogen) atoms. The van der Waals surface area contributed by atoms with Crippen LogP contribution in [0.2, 0.25) is 0 Å². The van der Waals surface area contributed by atoms with Gasteiger partial charge in [0, 0.05) is 12.8 Å². The van der Waals surface area contributed by atoms with Crippen LogP contribution in [-0.2, 0) is 19.1 Å². The minimum atomic E-state index is -1.17. The quantitative estimate of drug-likeness (QED) is 0.477. The van der Waals surface area contributed by atoms with Gasteiger partial charge in [-0.2, -0.15) is 0 Å². The summed E-state index contributed by atoms with van der Waals surface area (Å²) in [6, 6.07) is -1.08. The number of carbonyl (C=O) groups excluding carboxylic acids is 2. The molecule has 0 aliphatic rings. The fourth-order valence-electron chi connectivity index (χ4n) is 1.14. The van der Waals surface area contributed by atoms with Crippen molar-refractivity contribution in [1.82, 2.24) is 5.32 Å². The first kappa shape index (κ1) is 15.2. The molecule has 96 valence electrons. The van der Waals surface area contributed by atoms with Crippen LogP contribution in [0.1, 0.15) is 26.2 Å². The smallest absolute Gasteiger partial charge is 0.326 e. The van der Waals surface area contributed by atoms with Crippen molar-refractivity contribution in [2.24, 2.45) is 0 Å². The molecule has 6 nitrogen and oxygen atoms in total. The summed E-state index contributed by atoms with van der Waals surface area (Å²) in [5.74, 6) is -2.08. The van der Waals surface area contributed by atoms with Gasteiger partial charge in [0.15, 0.2) is 0 Å². The Morgan fingerprint density at radius 2 is 2.12 bits per heavy atom. The van der Waals surface area contributed by atoms with Crippen molar-refractivity contribution < 1.29 is 24.2 Å². The maximum absolute atomic E-state index is 11.2.